The zero-order valence-electron chi connectivity index (χ0n) is 19.8. The van der Waals surface area contributed by atoms with Gasteiger partial charge in [-0.1, -0.05) is 29.8 Å². The number of amides is 2. The van der Waals surface area contributed by atoms with Gasteiger partial charge in [-0.25, -0.2) is 12.8 Å². The Kier molecular flexibility index (Phi) is 8.74. The fourth-order valence-corrected chi connectivity index (χ4v) is 4.68. The molecule has 0 radical (unpaired) electrons. The fraction of sp³-hybridized carbons (Fsp3) is 0.417. The second-order valence-electron chi connectivity index (χ2n) is 8.81. The molecule has 35 heavy (non-hydrogen) atoms. The number of carbonyl (C=O) groups excluding carboxylic acids is 2. The van der Waals surface area contributed by atoms with Crippen LogP contribution in [0.3, 0.4) is 0 Å². The summed E-state index contributed by atoms with van der Waals surface area (Å²) in [5.74, 6) is -0.958. The summed E-state index contributed by atoms with van der Waals surface area (Å²) in [5.41, 5.74) is 1.55. The lowest BCUT2D eigenvalue weighted by molar-refractivity contribution is -0.136. The van der Waals surface area contributed by atoms with E-state index in [2.05, 4.69) is 4.90 Å². The van der Waals surface area contributed by atoms with Crippen LogP contribution in [0.15, 0.2) is 42.5 Å². The summed E-state index contributed by atoms with van der Waals surface area (Å²) in [7, 11) is -3.70. The lowest BCUT2D eigenvalue weighted by Crippen LogP contribution is -2.57. The van der Waals surface area contributed by atoms with Crippen LogP contribution in [0.2, 0.25) is 5.02 Å². The Morgan fingerprint density at radius 3 is 2.46 bits per heavy atom. The first-order valence-electron chi connectivity index (χ1n) is 11.1. The molecule has 1 N–H and O–H groups in total. The third-order valence-electron chi connectivity index (χ3n) is 5.76. The number of halogens is 2. The molecule has 0 aliphatic carbocycles. The Morgan fingerprint density at radius 1 is 1.11 bits per heavy atom. The Labute approximate surface area is 210 Å². The van der Waals surface area contributed by atoms with Crippen molar-refractivity contribution in [1.29, 1.82) is 0 Å². The molecule has 1 fully saturated rings. The lowest BCUT2D eigenvalue weighted by Gasteiger charge is -2.44. The number of benzene rings is 2. The summed E-state index contributed by atoms with van der Waals surface area (Å²) >= 11 is 6.06. The molecule has 0 spiro atoms. The van der Waals surface area contributed by atoms with Crippen molar-refractivity contribution < 1.29 is 27.1 Å². The second kappa shape index (κ2) is 11.4. The minimum Gasteiger partial charge on any atom is -0.483 e. The van der Waals surface area contributed by atoms with E-state index < -0.39 is 22.5 Å². The largest absolute Gasteiger partial charge is 0.483 e. The first-order chi connectivity index (χ1) is 16.4. The molecule has 1 aliphatic heterocycles. The Hall–Kier alpha value is -2.69. The van der Waals surface area contributed by atoms with E-state index in [0.29, 0.717) is 30.2 Å². The van der Waals surface area contributed by atoms with Crippen molar-refractivity contribution in [3.05, 3.63) is 64.4 Å². The molecule has 1 saturated heterocycles. The first-order valence-corrected chi connectivity index (χ1v) is 13.4. The molecule has 2 aromatic rings. The molecule has 2 atom stereocenters. The van der Waals surface area contributed by atoms with Crippen LogP contribution in [0.25, 0.3) is 0 Å². The van der Waals surface area contributed by atoms with Gasteiger partial charge < -0.3 is 9.64 Å². The quantitative estimate of drug-likeness (QED) is 0.569. The molecule has 2 aromatic carbocycles. The monoisotopic (exact) mass is 525 g/mol. The predicted molar refractivity (Wildman–Crippen MR) is 131 cm³/mol. The molecule has 1 heterocycles. The lowest BCUT2D eigenvalue weighted by atomic mass is 10.0. The van der Waals surface area contributed by atoms with Gasteiger partial charge in [-0.3, -0.25) is 19.2 Å². The van der Waals surface area contributed by atoms with Gasteiger partial charge >= 0.3 is 0 Å². The van der Waals surface area contributed by atoms with Gasteiger partial charge in [0.2, 0.25) is 15.9 Å². The van der Waals surface area contributed by atoms with E-state index in [0.717, 1.165) is 11.8 Å². The topological polar surface area (TPSA) is 96.0 Å². The van der Waals surface area contributed by atoms with Crippen molar-refractivity contribution in [3.63, 3.8) is 0 Å². The SMILES string of the molecule is CC1CN(C(=O)Cc2ccc(Cl)cc2OCC(=O)NS(C)(=O)=O)C(C)CN1Cc1ccc(F)cc1. The van der Waals surface area contributed by atoms with Gasteiger partial charge in [0.15, 0.2) is 6.61 Å². The number of piperazine rings is 1. The van der Waals surface area contributed by atoms with Gasteiger partial charge in [0.1, 0.15) is 11.6 Å². The summed E-state index contributed by atoms with van der Waals surface area (Å²) in [6.07, 6.45) is 0.908. The Balaban J connectivity index is 1.64. The normalized spacial score (nSPS) is 18.8. The van der Waals surface area contributed by atoms with Crippen molar-refractivity contribution in [2.24, 2.45) is 0 Å². The van der Waals surface area contributed by atoms with Crippen LogP contribution in [-0.2, 0) is 32.6 Å². The van der Waals surface area contributed by atoms with Gasteiger partial charge in [0.25, 0.3) is 5.91 Å². The van der Waals surface area contributed by atoms with Crippen LogP contribution >= 0.6 is 11.6 Å². The number of hydrogen-bond donors (Lipinski definition) is 1. The highest BCUT2D eigenvalue weighted by molar-refractivity contribution is 7.89. The van der Waals surface area contributed by atoms with Gasteiger partial charge in [-0.15, -0.1) is 0 Å². The van der Waals surface area contributed by atoms with Crippen LogP contribution in [0.4, 0.5) is 4.39 Å². The van der Waals surface area contributed by atoms with E-state index >= 15 is 0 Å². The highest BCUT2D eigenvalue weighted by Gasteiger charge is 2.32. The van der Waals surface area contributed by atoms with E-state index in [1.54, 1.807) is 24.3 Å². The van der Waals surface area contributed by atoms with Crippen molar-refractivity contribution in [2.45, 2.75) is 38.9 Å². The minimum atomic E-state index is -3.70. The van der Waals surface area contributed by atoms with Gasteiger partial charge in [-0.05, 0) is 43.7 Å². The molecule has 0 saturated carbocycles. The fourth-order valence-electron chi connectivity index (χ4n) is 4.04. The van der Waals surface area contributed by atoms with Crippen molar-refractivity contribution >= 4 is 33.4 Å². The van der Waals surface area contributed by atoms with Crippen molar-refractivity contribution in [3.8, 4) is 5.75 Å². The zero-order chi connectivity index (χ0) is 25.8. The van der Waals surface area contributed by atoms with E-state index in [9.17, 15) is 22.4 Å². The van der Waals surface area contributed by atoms with Crippen molar-refractivity contribution in [2.75, 3.05) is 26.0 Å². The van der Waals surface area contributed by atoms with Crippen molar-refractivity contribution in [1.82, 2.24) is 14.5 Å². The Bertz CT molecular complexity index is 1180. The van der Waals surface area contributed by atoms with E-state index in [1.807, 2.05) is 23.5 Å². The zero-order valence-corrected chi connectivity index (χ0v) is 21.4. The molecule has 3 rings (SSSR count). The molecular formula is C24H29ClFN3O5S. The molecule has 0 bridgehead atoms. The summed E-state index contributed by atoms with van der Waals surface area (Å²) < 4.78 is 43.0. The molecule has 2 unspecified atom stereocenters. The molecule has 11 heteroatoms. The summed E-state index contributed by atoms with van der Waals surface area (Å²) in [5, 5.41) is 0.358. The maximum absolute atomic E-state index is 13.2. The number of hydrogen-bond acceptors (Lipinski definition) is 6. The summed E-state index contributed by atoms with van der Waals surface area (Å²) in [6, 6.07) is 11.2. The average molecular weight is 526 g/mol. The first kappa shape index (κ1) is 26.9. The molecule has 190 valence electrons. The number of sulfonamides is 1. The van der Waals surface area contributed by atoms with Gasteiger partial charge in [0, 0.05) is 42.3 Å². The average Bonchev–Trinajstić information content (AvgIpc) is 2.76. The second-order valence-corrected chi connectivity index (χ2v) is 11.0. The molecular weight excluding hydrogens is 497 g/mol. The maximum Gasteiger partial charge on any atom is 0.271 e. The summed E-state index contributed by atoms with van der Waals surface area (Å²) in [4.78, 5) is 29.1. The molecule has 2 amide bonds. The smallest absolute Gasteiger partial charge is 0.271 e. The standard InChI is InChI=1S/C24H29ClFN3O5S/c1-16-13-29(17(2)12-28(16)14-18-4-8-21(26)9-5-18)24(31)10-19-6-7-20(25)11-22(19)34-15-23(30)27-35(3,32)33/h4-9,11,16-17H,10,12-15H2,1-3H3,(H,27,30). The van der Waals surface area contributed by atoms with Crippen LogP contribution in [0, 0.1) is 5.82 Å². The van der Waals surface area contributed by atoms with Crippen LogP contribution < -0.4 is 9.46 Å². The third kappa shape index (κ3) is 7.91. The highest BCUT2D eigenvalue weighted by Crippen LogP contribution is 2.26. The number of nitrogens with zero attached hydrogens (tertiary/aromatic N) is 2. The maximum atomic E-state index is 13.2. The van der Waals surface area contributed by atoms with Crippen LogP contribution in [0.1, 0.15) is 25.0 Å². The molecule has 1 aliphatic rings. The van der Waals surface area contributed by atoms with Crippen LogP contribution in [0.5, 0.6) is 5.75 Å². The van der Waals surface area contributed by atoms with E-state index in [-0.39, 0.29) is 36.0 Å². The van der Waals surface area contributed by atoms with E-state index in [4.69, 9.17) is 16.3 Å². The van der Waals surface area contributed by atoms with E-state index in [1.165, 1.54) is 18.2 Å². The summed E-state index contributed by atoms with van der Waals surface area (Å²) in [6.45, 7) is 5.35. The number of ether oxygens (including phenoxy) is 1. The van der Waals surface area contributed by atoms with Gasteiger partial charge in [0.05, 0.1) is 12.7 Å². The van der Waals surface area contributed by atoms with Crippen LogP contribution in [-0.4, -0.2) is 68.1 Å². The number of rotatable bonds is 8. The number of nitrogens with one attached hydrogen (secondary N) is 1. The minimum absolute atomic E-state index is 0.0369. The Morgan fingerprint density at radius 2 is 1.80 bits per heavy atom. The highest BCUT2D eigenvalue weighted by atomic mass is 35.5. The molecule has 8 nitrogen and oxygen atoms in total. The van der Waals surface area contributed by atoms with Gasteiger partial charge in [-0.2, -0.15) is 0 Å². The predicted octanol–water partition coefficient (Wildman–Crippen LogP) is 2.60. The number of carbonyl (C=O) groups is 2. The third-order valence-corrected chi connectivity index (χ3v) is 6.60. The molecule has 0 aromatic heterocycles.